The summed E-state index contributed by atoms with van der Waals surface area (Å²) < 4.78 is 0. The lowest BCUT2D eigenvalue weighted by Gasteiger charge is -2.12. The third-order valence-electron chi connectivity index (χ3n) is 3.04. The van der Waals surface area contributed by atoms with E-state index < -0.39 is 6.04 Å². The number of carbonyl (C=O) groups excluding carboxylic acids is 1. The average molecular weight is 270 g/mol. The molecule has 0 spiro atoms. The van der Waals surface area contributed by atoms with E-state index in [0.717, 1.165) is 11.1 Å². The third-order valence-corrected chi connectivity index (χ3v) is 3.04. The van der Waals surface area contributed by atoms with Gasteiger partial charge < -0.3 is 16.2 Å². The smallest absolute Gasteiger partial charge is 0.237 e. The summed E-state index contributed by atoms with van der Waals surface area (Å²) in [6, 6.07) is 15.8. The van der Waals surface area contributed by atoms with Crippen LogP contribution in [0.15, 0.2) is 54.6 Å². The number of hydrogen-bond acceptors (Lipinski definition) is 3. The van der Waals surface area contributed by atoms with Crippen molar-refractivity contribution in [3.8, 4) is 5.75 Å². The molecule has 0 heterocycles. The van der Waals surface area contributed by atoms with Crippen LogP contribution in [0.25, 0.3) is 0 Å². The predicted octanol–water partition coefficient (Wildman–Crippen LogP) is 1.58. The summed E-state index contributed by atoms with van der Waals surface area (Å²) in [6.45, 7) is 0.404. The lowest BCUT2D eigenvalue weighted by Crippen LogP contribution is -2.41. The van der Waals surface area contributed by atoms with Crippen molar-refractivity contribution in [2.24, 2.45) is 5.73 Å². The van der Waals surface area contributed by atoms with E-state index in [2.05, 4.69) is 5.32 Å². The Morgan fingerprint density at radius 1 is 1.05 bits per heavy atom. The lowest BCUT2D eigenvalue weighted by atomic mass is 10.1. The molecule has 104 valence electrons. The van der Waals surface area contributed by atoms with E-state index in [-0.39, 0.29) is 11.7 Å². The summed E-state index contributed by atoms with van der Waals surface area (Å²) in [6.07, 6.45) is 0.516. The molecule has 0 aliphatic carbocycles. The number of aromatic hydroxyl groups is 1. The first-order valence-corrected chi connectivity index (χ1v) is 6.50. The van der Waals surface area contributed by atoms with Gasteiger partial charge in [-0.2, -0.15) is 0 Å². The van der Waals surface area contributed by atoms with E-state index in [9.17, 15) is 9.90 Å². The second-order valence-corrected chi connectivity index (χ2v) is 4.68. The summed E-state index contributed by atoms with van der Waals surface area (Å²) in [5.74, 6) is 0.0304. The minimum absolute atomic E-state index is 0.179. The van der Waals surface area contributed by atoms with Gasteiger partial charge in [0.1, 0.15) is 5.75 Å². The Balaban J connectivity index is 1.83. The van der Waals surface area contributed by atoms with E-state index in [1.807, 2.05) is 30.3 Å². The van der Waals surface area contributed by atoms with Gasteiger partial charge in [-0.15, -0.1) is 0 Å². The maximum atomic E-state index is 11.9. The standard InChI is InChI=1S/C16H18N2O2/c17-15(10-12-4-2-1-3-5-12)16(20)18-11-13-6-8-14(19)9-7-13/h1-9,15,19H,10-11,17H2,(H,18,20)/t15-/m0/s1. The van der Waals surface area contributed by atoms with Crippen LogP contribution in [0.5, 0.6) is 5.75 Å². The number of benzene rings is 2. The molecule has 0 fully saturated rings. The van der Waals surface area contributed by atoms with Crippen molar-refractivity contribution in [1.82, 2.24) is 5.32 Å². The summed E-state index contributed by atoms with van der Waals surface area (Å²) in [5.41, 5.74) is 7.85. The van der Waals surface area contributed by atoms with Gasteiger partial charge in [0.25, 0.3) is 0 Å². The Morgan fingerprint density at radius 2 is 1.70 bits per heavy atom. The fourth-order valence-electron chi connectivity index (χ4n) is 1.89. The second-order valence-electron chi connectivity index (χ2n) is 4.68. The zero-order valence-electron chi connectivity index (χ0n) is 11.1. The van der Waals surface area contributed by atoms with Crippen molar-refractivity contribution in [2.75, 3.05) is 0 Å². The molecular formula is C16H18N2O2. The van der Waals surface area contributed by atoms with Crippen molar-refractivity contribution in [2.45, 2.75) is 19.0 Å². The van der Waals surface area contributed by atoms with Gasteiger partial charge in [0, 0.05) is 6.54 Å². The Morgan fingerprint density at radius 3 is 2.35 bits per heavy atom. The molecule has 4 heteroatoms. The highest BCUT2D eigenvalue weighted by atomic mass is 16.3. The summed E-state index contributed by atoms with van der Waals surface area (Å²) in [7, 11) is 0. The van der Waals surface area contributed by atoms with Gasteiger partial charge in [0.2, 0.25) is 5.91 Å². The van der Waals surface area contributed by atoms with Gasteiger partial charge in [-0.3, -0.25) is 4.79 Å². The van der Waals surface area contributed by atoms with Crippen LogP contribution in [0, 0.1) is 0 Å². The molecule has 20 heavy (non-hydrogen) atoms. The highest BCUT2D eigenvalue weighted by molar-refractivity contribution is 5.81. The van der Waals surface area contributed by atoms with Crippen LogP contribution < -0.4 is 11.1 Å². The SMILES string of the molecule is N[C@@H](Cc1ccccc1)C(=O)NCc1ccc(O)cc1. The number of nitrogens with one attached hydrogen (secondary N) is 1. The zero-order chi connectivity index (χ0) is 14.4. The minimum Gasteiger partial charge on any atom is -0.508 e. The van der Waals surface area contributed by atoms with Crippen LogP contribution in [0.2, 0.25) is 0 Å². The normalized spacial score (nSPS) is 11.8. The zero-order valence-corrected chi connectivity index (χ0v) is 11.1. The molecule has 0 saturated heterocycles. The maximum Gasteiger partial charge on any atom is 0.237 e. The molecule has 4 nitrogen and oxygen atoms in total. The van der Waals surface area contributed by atoms with Crippen LogP contribution in [-0.2, 0) is 17.8 Å². The van der Waals surface area contributed by atoms with Gasteiger partial charge >= 0.3 is 0 Å². The Kier molecular flexibility index (Phi) is 4.74. The molecule has 0 radical (unpaired) electrons. The van der Waals surface area contributed by atoms with Gasteiger partial charge in [0.15, 0.2) is 0 Å². The van der Waals surface area contributed by atoms with Crippen LogP contribution in [-0.4, -0.2) is 17.1 Å². The Bertz CT molecular complexity index is 552. The lowest BCUT2D eigenvalue weighted by molar-refractivity contribution is -0.122. The number of hydrogen-bond donors (Lipinski definition) is 3. The molecule has 2 aromatic rings. The highest BCUT2D eigenvalue weighted by Gasteiger charge is 2.13. The Labute approximate surface area is 118 Å². The van der Waals surface area contributed by atoms with E-state index >= 15 is 0 Å². The second kappa shape index (κ2) is 6.73. The Hall–Kier alpha value is -2.33. The number of phenols is 1. The van der Waals surface area contributed by atoms with Crippen LogP contribution in [0.4, 0.5) is 0 Å². The molecule has 0 aromatic heterocycles. The molecule has 1 amide bonds. The number of phenolic OH excluding ortho intramolecular Hbond substituents is 1. The number of carbonyl (C=O) groups is 1. The highest BCUT2D eigenvalue weighted by Crippen LogP contribution is 2.09. The fourth-order valence-corrected chi connectivity index (χ4v) is 1.89. The fraction of sp³-hybridized carbons (Fsp3) is 0.188. The summed E-state index contributed by atoms with van der Waals surface area (Å²) in [5, 5.41) is 12.0. The predicted molar refractivity (Wildman–Crippen MR) is 78.1 cm³/mol. The van der Waals surface area contributed by atoms with E-state index in [1.54, 1.807) is 24.3 Å². The number of nitrogens with two attached hydrogens (primary N) is 1. The molecule has 2 aromatic carbocycles. The van der Waals surface area contributed by atoms with Crippen molar-refractivity contribution in [1.29, 1.82) is 0 Å². The summed E-state index contributed by atoms with van der Waals surface area (Å²) >= 11 is 0. The van der Waals surface area contributed by atoms with Gasteiger partial charge in [-0.25, -0.2) is 0 Å². The van der Waals surface area contributed by atoms with E-state index in [4.69, 9.17) is 5.73 Å². The molecule has 0 saturated carbocycles. The van der Waals surface area contributed by atoms with Crippen molar-refractivity contribution in [3.05, 3.63) is 65.7 Å². The number of amides is 1. The largest absolute Gasteiger partial charge is 0.508 e. The van der Waals surface area contributed by atoms with Gasteiger partial charge in [0.05, 0.1) is 6.04 Å². The third kappa shape index (κ3) is 4.10. The van der Waals surface area contributed by atoms with Crippen molar-refractivity contribution < 1.29 is 9.90 Å². The quantitative estimate of drug-likeness (QED) is 0.772. The molecule has 1 atom stereocenters. The van der Waals surface area contributed by atoms with Crippen LogP contribution >= 0.6 is 0 Å². The van der Waals surface area contributed by atoms with Crippen molar-refractivity contribution >= 4 is 5.91 Å². The first-order valence-electron chi connectivity index (χ1n) is 6.50. The topological polar surface area (TPSA) is 75.4 Å². The van der Waals surface area contributed by atoms with Crippen LogP contribution in [0.1, 0.15) is 11.1 Å². The summed E-state index contributed by atoms with van der Waals surface area (Å²) in [4.78, 5) is 11.9. The number of rotatable bonds is 5. The van der Waals surface area contributed by atoms with Crippen LogP contribution in [0.3, 0.4) is 0 Å². The average Bonchev–Trinajstić information content (AvgIpc) is 2.47. The molecule has 0 bridgehead atoms. The maximum absolute atomic E-state index is 11.9. The molecule has 2 rings (SSSR count). The molecule has 0 aliphatic heterocycles. The van der Waals surface area contributed by atoms with E-state index in [1.165, 1.54) is 0 Å². The minimum atomic E-state index is -0.561. The first-order chi connectivity index (χ1) is 9.65. The molecule has 0 unspecified atom stereocenters. The first kappa shape index (κ1) is 14.1. The van der Waals surface area contributed by atoms with Gasteiger partial charge in [-0.1, -0.05) is 42.5 Å². The van der Waals surface area contributed by atoms with E-state index in [0.29, 0.717) is 13.0 Å². The van der Waals surface area contributed by atoms with Crippen molar-refractivity contribution in [3.63, 3.8) is 0 Å². The molecule has 0 aliphatic rings. The molecule has 4 N–H and O–H groups in total. The monoisotopic (exact) mass is 270 g/mol. The molecular weight excluding hydrogens is 252 g/mol. The van der Waals surface area contributed by atoms with Gasteiger partial charge in [-0.05, 0) is 29.7 Å².